The van der Waals surface area contributed by atoms with Crippen LogP contribution in [-0.2, 0) is 34.0 Å². The van der Waals surface area contributed by atoms with Crippen molar-refractivity contribution < 1.29 is 69.1 Å². The molecule has 2 amide bonds. The Labute approximate surface area is 270 Å². The molecule has 2 unspecified atom stereocenters. The Morgan fingerprint density at radius 2 is 1.68 bits per heavy atom. The molecule has 9 N–H and O–H groups in total. The number of morpholine rings is 1. The van der Waals surface area contributed by atoms with Gasteiger partial charge in [-0.05, 0) is 30.1 Å². The van der Waals surface area contributed by atoms with E-state index in [-0.39, 0.29) is 28.0 Å². The Hall–Kier alpha value is -3.20. The van der Waals surface area contributed by atoms with Gasteiger partial charge in [-0.3, -0.25) is 29.5 Å². The van der Waals surface area contributed by atoms with Crippen LogP contribution >= 0.6 is 0 Å². The van der Waals surface area contributed by atoms with E-state index in [0.29, 0.717) is 11.2 Å². The van der Waals surface area contributed by atoms with Crippen molar-refractivity contribution in [3.63, 3.8) is 0 Å². The Morgan fingerprint density at radius 1 is 1.04 bits per heavy atom. The number of aliphatic hydroxyl groups is 8. The van der Waals surface area contributed by atoms with Crippen LogP contribution in [0.5, 0.6) is 5.75 Å². The van der Waals surface area contributed by atoms with E-state index >= 15 is 4.39 Å². The highest BCUT2D eigenvalue weighted by Crippen LogP contribution is 2.41. The van der Waals surface area contributed by atoms with Gasteiger partial charge in [-0.1, -0.05) is 24.3 Å². The third-order valence-electron chi connectivity index (χ3n) is 7.89. The molecule has 2 aromatic carbocycles. The topological polar surface area (TPSA) is 250 Å². The number of aldehydes is 1. The van der Waals surface area contributed by atoms with Crippen molar-refractivity contribution in [1.82, 2.24) is 15.1 Å². The van der Waals surface area contributed by atoms with Crippen molar-refractivity contribution in [2.45, 2.75) is 59.9 Å². The normalized spacial score (nSPS) is 28.1. The van der Waals surface area contributed by atoms with E-state index in [2.05, 4.69) is 4.74 Å². The van der Waals surface area contributed by atoms with Gasteiger partial charge in [0.25, 0.3) is 11.7 Å². The monoisotopic (exact) mass is 651 g/mol. The molecular formula is C26H26B4FN3O13. The predicted molar refractivity (Wildman–Crippen MR) is 155 cm³/mol. The van der Waals surface area contributed by atoms with E-state index in [9.17, 15) is 55.2 Å². The fraction of sp³-hybridized carbons (Fsp3) is 0.423. The number of piperidine rings is 1. The fourth-order valence-corrected chi connectivity index (χ4v) is 5.07. The SMILES string of the molecule is [B]C1(O)OC(O)(O)C([B])(O)N(Cc2ccc(COc3cccc(C=O)c3CN(C)[C@@H]3C(=O)NC(=O)C(O)(O)C3(O)O)c(F)c2)C1([B])[B]. The lowest BCUT2D eigenvalue weighted by Gasteiger charge is -2.63. The van der Waals surface area contributed by atoms with E-state index in [1.54, 1.807) is 5.32 Å². The standard InChI is InChI=1S/C26H26B4FN3O13/c1-33(18-19(36)32-20(37)22(40,41)21(18,38)39)9-15-13(10-35)3-2-4-17(15)46-11-14-6-5-12(7-16(14)31)8-34-23(27,28)25(30,43)47-26(44,45)24(34,29)42/h2-7,10,18,38-45H,8-9,11H2,1H3,(H,32,36,37)/t18-,24?,25?/m1/s1. The number of nitrogens with zero attached hydrogens (tertiary/aromatic N) is 2. The molecule has 2 aliphatic rings. The lowest BCUT2D eigenvalue weighted by Crippen LogP contribution is -2.84. The van der Waals surface area contributed by atoms with Gasteiger partial charge < -0.3 is 50.3 Å². The molecule has 2 aromatic rings. The number of ether oxygens (including phenoxy) is 2. The molecule has 8 radical (unpaired) electrons. The summed E-state index contributed by atoms with van der Waals surface area (Å²) in [7, 11) is 23.8. The molecule has 2 heterocycles. The molecule has 0 aromatic heterocycles. The third-order valence-corrected chi connectivity index (χ3v) is 7.89. The summed E-state index contributed by atoms with van der Waals surface area (Å²) in [6, 6.07) is 5.38. The summed E-state index contributed by atoms with van der Waals surface area (Å²) in [5.41, 5.74) is -6.53. The summed E-state index contributed by atoms with van der Waals surface area (Å²) in [6.45, 7) is -1.68. The molecule has 2 fully saturated rings. The van der Waals surface area contributed by atoms with E-state index in [0.717, 1.165) is 18.0 Å². The average molecular weight is 651 g/mol. The number of hydrogen-bond acceptors (Lipinski definition) is 15. The number of hydrogen-bond donors (Lipinski definition) is 9. The zero-order valence-electron chi connectivity index (χ0n) is 24.4. The van der Waals surface area contributed by atoms with Gasteiger partial charge in [-0.15, -0.1) is 0 Å². The zero-order chi connectivity index (χ0) is 35.5. The number of benzene rings is 2. The van der Waals surface area contributed by atoms with Gasteiger partial charge in [0.05, 0.1) is 15.7 Å². The number of carbonyl (C=O) groups is 3. The van der Waals surface area contributed by atoms with Gasteiger partial charge in [0.15, 0.2) is 25.8 Å². The van der Waals surface area contributed by atoms with Crippen molar-refractivity contribution in [2.75, 3.05) is 7.05 Å². The molecular weight excluding hydrogens is 625 g/mol. The first-order chi connectivity index (χ1) is 21.4. The molecule has 0 bridgehead atoms. The molecule has 242 valence electrons. The zero-order valence-corrected chi connectivity index (χ0v) is 24.4. The van der Waals surface area contributed by atoms with Gasteiger partial charge in [-0.2, -0.15) is 0 Å². The lowest BCUT2D eigenvalue weighted by molar-refractivity contribution is -0.490. The minimum Gasteiger partial charge on any atom is -0.488 e. The van der Waals surface area contributed by atoms with Crippen molar-refractivity contribution in [3.8, 4) is 5.75 Å². The Balaban J connectivity index is 1.56. The van der Waals surface area contributed by atoms with Crippen molar-refractivity contribution in [1.29, 1.82) is 0 Å². The largest absolute Gasteiger partial charge is 0.488 e. The number of likely N-dealkylation sites (N-methyl/N-ethyl adjacent to an activating group) is 1. The number of imide groups is 1. The van der Waals surface area contributed by atoms with Crippen LogP contribution in [0, 0.1) is 5.82 Å². The Morgan fingerprint density at radius 3 is 2.28 bits per heavy atom. The molecule has 47 heavy (non-hydrogen) atoms. The highest BCUT2D eigenvalue weighted by Gasteiger charge is 2.66. The van der Waals surface area contributed by atoms with Crippen LogP contribution < -0.4 is 10.1 Å². The lowest BCUT2D eigenvalue weighted by atomic mass is 9.48. The van der Waals surface area contributed by atoms with E-state index in [1.807, 2.05) is 0 Å². The van der Waals surface area contributed by atoms with Crippen molar-refractivity contribution in [3.05, 3.63) is 64.5 Å². The summed E-state index contributed by atoms with van der Waals surface area (Å²) < 4.78 is 25.3. The molecule has 4 rings (SSSR count). The van der Waals surface area contributed by atoms with Gasteiger partial charge >= 0.3 is 11.8 Å². The van der Waals surface area contributed by atoms with Gasteiger partial charge in [0.1, 0.15) is 31.7 Å². The highest BCUT2D eigenvalue weighted by molar-refractivity contribution is 6.45. The summed E-state index contributed by atoms with van der Waals surface area (Å²) in [5, 5.41) is 80.3. The second kappa shape index (κ2) is 12.0. The predicted octanol–water partition coefficient (Wildman–Crippen LogP) is -5.87. The number of carbonyl (C=O) groups excluding carboxylic acids is 3. The molecule has 0 spiro atoms. The molecule has 2 aliphatic heterocycles. The second-order valence-corrected chi connectivity index (χ2v) is 11.2. The molecule has 16 nitrogen and oxygen atoms in total. The minimum atomic E-state index is -3.78. The van der Waals surface area contributed by atoms with Crippen LogP contribution in [0.25, 0.3) is 0 Å². The smallest absolute Gasteiger partial charge is 0.314 e. The van der Waals surface area contributed by atoms with E-state index < -0.39 is 77.6 Å². The van der Waals surface area contributed by atoms with Crippen LogP contribution in [0.2, 0.25) is 0 Å². The molecule has 0 saturated carbocycles. The van der Waals surface area contributed by atoms with Crippen molar-refractivity contribution in [2.24, 2.45) is 0 Å². The third kappa shape index (κ3) is 6.13. The molecule has 2 saturated heterocycles. The minimum absolute atomic E-state index is 0.00579. The highest BCUT2D eigenvalue weighted by atomic mass is 19.1. The fourth-order valence-electron chi connectivity index (χ4n) is 5.07. The first kappa shape index (κ1) is 36.6. The first-order valence-corrected chi connectivity index (χ1v) is 13.4. The Bertz CT molecular complexity index is 1560. The molecule has 21 heteroatoms. The van der Waals surface area contributed by atoms with E-state index in [4.69, 9.17) is 36.1 Å². The maximum Gasteiger partial charge on any atom is 0.314 e. The van der Waals surface area contributed by atoms with Crippen LogP contribution in [0.4, 0.5) is 4.39 Å². The first-order valence-electron chi connectivity index (χ1n) is 13.4. The maximum atomic E-state index is 15.2. The maximum absolute atomic E-state index is 15.2. The van der Waals surface area contributed by atoms with Crippen LogP contribution in [0.3, 0.4) is 0 Å². The molecule has 0 aliphatic carbocycles. The van der Waals surface area contributed by atoms with Gasteiger partial charge in [0.2, 0.25) is 5.91 Å². The average Bonchev–Trinajstić information content (AvgIpc) is 2.93. The van der Waals surface area contributed by atoms with Crippen molar-refractivity contribution >= 4 is 49.5 Å². The van der Waals surface area contributed by atoms with Gasteiger partial charge in [0, 0.05) is 29.8 Å². The Kier molecular flexibility index (Phi) is 9.39. The number of amides is 2. The van der Waals surface area contributed by atoms with E-state index in [1.165, 1.54) is 30.3 Å². The van der Waals surface area contributed by atoms with Crippen LogP contribution in [-0.4, -0.2) is 147 Å². The number of halogens is 1. The van der Waals surface area contributed by atoms with Crippen LogP contribution in [0.1, 0.15) is 27.0 Å². The molecule has 3 atom stereocenters. The van der Waals surface area contributed by atoms with Gasteiger partial charge in [-0.25, -0.2) is 4.39 Å². The number of rotatable bonds is 9. The van der Waals surface area contributed by atoms with Crippen LogP contribution in [0.15, 0.2) is 36.4 Å². The summed E-state index contributed by atoms with van der Waals surface area (Å²) in [4.78, 5) is 37.3. The second-order valence-electron chi connectivity index (χ2n) is 11.2. The summed E-state index contributed by atoms with van der Waals surface area (Å²) in [6.07, 6.45) is 0.415. The summed E-state index contributed by atoms with van der Waals surface area (Å²) >= 11 is 0. The number of nitrogens with one attached hydrogen (secondary N) is 1. The quantitative estimate of drug-likeness (QED) is 0.0531. The summed E-state index contributed by atoms with van der Waals surface area (Å²) in [5.74, 6) is -15.2.